The van der Waals surface area contributed by atoms with Crippen LogP contribution in [0.4, 0.5) is 5.00 Å². The number of nitrogens with one attached hydrogen (secondary N) is 1. The van der Waals surface area contributed by atoms with E-state index in [0.29, 0.717) is 33.5 Å². The number of carbonyl (C=O) groups is 2. The molecule has 0 atom stereocenters. The van der Waals surface area contributed by atoms with Gasteiger partial charge in [-0.2, -0.15) is 5.26 Å². The number of nitrogens with zero attached hydrogens (tertiary/aromatic N) is 2. The molecule has 0 saturated heterocycles. The van der Waals surface area contributed by atoms with Crippen molar-refractivity contribution in [1.82, 2.24) is 4.98 Å². The Kier molecular flexibility index (Phi) is 6.52. The zero-order chi connectivity index (χ0) is 26.1. The number of aryl methyl sites for hydroxylation is 1. The standard InChI is InChI=1S/C30H25N3O4S/c31-16-23-20-8-2-1-3-11-25(20)38-29(23)33-26(34)17-37-30(35)27-21-9-4-5-10-24(21)32-28-18(12-13-22(27)28)15-19-7-6-14-36-19/h4-7,9-10,14-15H,1-3,8,11-13,17H2,(H,33,34). The van der Waals surface area contributed by atoms with E-state index >= 15 is 0 Å². The van der Waals surface area contributed by atoms with E-state index in [-0.39, 0.29) is 0 Å². The predicted molar refractivity (Wildman–Crippen MR) is 146 cm³/mol. The lowest BCUT2D eigenvalue weighted by Gasteiger charge is -2.12. The Morgan fingerprint density at radius 3 is 2.79 bits per heavy atom. The molecule has 7 nitrogen and oxygen atoms in total. The van der Waals surface area contributed by atoms with Crippen molar-refractivity contribution in [1.29, 1.82) is 5.26 Å². The van der Waals surface area contributed by atoms with Crippen LogP contribution in [0.3, 0.4) is 0 Å². The summed E-state index contributed by atoms with van der Waals surface area (Å²) < 4.78 is 11.0. The molecule has 8 heteroatoms. The predicted octanol–water partition coefficient (Wildman–Crippen LogP) is 6.31. The average molecular weight is 524 g/mol. The maximum Gasteiger partial charge on any atom is 0.339 e. The smallest absolute Gasteiger partial charge is 0.339 e. The van der Waals surface area contributed by atoms with Crippen molar-refractivity contribution < 1.29 is 18.7 Å². The molecule has 2 aliphatic rings. The van der Waals surface area contributed by atoms with Crippen molar-refractivity contribution in [3.63, 3.8) is 0 Å². The fourth-order valence-corrected chi connectivity index (χ4v) is 6.63. The van der Waals surface area contributed by atoms with Crippen LogP contribution in [0, 0.1) is 11.3 Å². The Hall–Kier alpha value is -4.22. The van der Waals surface area contributed by atoms with E-state index in [4.69, 9.17) is 14.1 Å². The minimum absolute atomic E-state index is 0.438. The van der Waals surface area contributed by atoms with Crippen LogP contribution in [0.5, 0.6) is 0 Å². The van der Waals surface area contributed by atoms with E-state index in [1.165, 1.54) is 16.2 Å². The number of carbonyl (C=O) groups excluding carboxylic acids is 2. The fourth-order valence-electron chi connectivity index (χ4n) is 5.37. The largest absolute Gasteiger partial charge is 0.465 e. The first-order chi connectivity index (χ1) is 18.6. The van der Waals surface area contributed by atoms with E-state index in [2.05, 4.69) is 11.4 Å². The molecule has 4 aromatic rings. The Balaban J connectivity index is 1.24. The van der Waals surface area contributed by atoms with Crippen LogP contribution in [0.1, 0.15) is 69.1 Å². The van der Waals surface area contributed by atoms with Crippen molar-refractivity contribution in [3.8, 4) is 6.07 Å². The van der Waals surface area contributed by atoms with E-state index in [1.807, 2.05) is 42.5 Å². The van der Waals surface area contributed by atoms with Gasteiger partial charge in [0.15, 0.2) is 6.61 Å². The van der Waals surface area contributed by atoms with Gasteiger partial charge in [-0.25, -0.2) is 9.78 Å². The number of hydrogen-bond donors (Lipinski definition) is 1. The number of allylic oxidation sites excluding steroid dienone is 1. The quantitative estimate of drug-likeness (QED) is 0.243. The van der Waals surface area contributed by atoms with Crippen LogP contribution in [0.2, 0.25) is 0 Å². The van der Waals surface area contributed by atoms with Gasteiger partial charge in [-0.05, 0) is 79.5 Å². The summed E-state index contributed by atoms with van der Waals surface area (Å²) in [5.41, 5.74) is 5.31. The van der Waals surface area contributed by atoms with Crippen molar-refractivity contribution >= 4 is 50.8 Å². The number of fused-ring (bicyclic) bond motifs is 3. The lowest BCUT2D eigenvalue weighted by atomic mass is 10.0. The number of anilines is 1. The van der Waals surface area contributed by atoms with Gasteiger partial charge in [0, 0.05) is 10.3 Å². The monoisotopic (exact) mass is 523 g/mol. The number of pyridine rings is 1. The van der Waals surface area contributed by atoms with Gasteiger partial charge >= 0.3 is 5.97 Å². The molecule has 190 valence electrons. The molecule has 0 unspecified atom stereocenters. The molecule has 1 amide bonds. The third kappa shape index (κ3) is 4.50. The summed E-state index contributed by atoms with van der Waals surface area (Å²) in [6, 6.07) is 13.4. The highest BCUT2D eigenvalue weighted by Gasteiger charge is 2.28. The second-order valence-electron chi connectivity index (χ2n) is 9.52. The molecule has 1 aromatic carbocycles. The van der Waals surface area contributed by atoms with Crippen LogP contribution in [-0.2, 0) is 28.8 Å². The summed E-state index contributed by atoms with van der Waals surface area (Å²) >= 11 is 1.46. The number of furan rings is 1. The maximum absolute atomic E-state index is 13.4. The molecular weight excluding hydrogens is 498 g/mol. The van der Waals surface area contributed by atoms with Gasteiger partial charge in [0.2, 0.25) is 0 Å². The second-order valence-corrected chi connectivity index (χ2v) is 10.6. The number of thiophene rings is 1. The number of benzene rings is 1. The number of ether oxygens (including phenoxy) is 1. The molecule has 3 heterocycles. The lowest BCUT2D eigenvalue weighted by molar-refractivity contribution is -0.119. The van der Waals surface area contributed by atoms with Crippen LogP contribution < -0.4 is 5.32 Å². The minimum Gasteiger partial charge on any atom is -0.465 e. The molecule has 3 aromatic heterocycles. The summed E-state index contributed by atoms with van der Waals surface area (Å²) in [7, 11) is 0. The average Bonchev–Trinajstić information content (AvgIpc) is 3.62. The van der Waals surface area contributed by atoms with Gasteiger partial charge in [-0.3, -0.25) is 4.79 Å². The van der Waals surface area contributed by atoms with Gasteiger partial charge in [0.1, 0.15) is 16.8 Å². The summed E-state index contributed by atoms with van der Waals surface area (Å²) in [6.45, 7) is -0.438. The highest BCUT2D eigenvalue weighted by Crippen LogP contribution is 2.39. The zero-order valence-electron chi connectivity index (χ0n) is 20.7. The number of esters is 1. The third-order valence-electron chi connectivity index (χ3n) is 7.13. The van der Waals surface area contributed by atoms with Crippen LogP contribution in [-0.4, -0.2) is 23.5 Å². The highest BCUT2D eigenvalue weighted by molar-refractivity contribution is 7.16. The zero-order valence-corrected chi connectivity index (χ0v) is 21.5. The van der Waals surface area contributed by atoms with Gasteiger partial charge < -0.3 is 14.5 Å². The minimum atomic E-state index is -0.559. The first kappa shape index (κ1) is 24.1. The number of amides is 1. The van der Waals surface area contributed by atoms with E-state index in [9.17, 15) is 14.9 Å². The molecule has 0 radical (unpaired) electrons. The molecule has 1 N–H and O–H groups in total. The Morgan fingerprint density at radius 2 is 1.95 bits per heavy atom. The molecular formula is C30H25N3O4S. The Bertz CT molecular complexity index is 1630. The topological polar surface area (TPSA) is 105 Å². The second kappa shape index (κ2) is 10.3. The molecule has 0 bridgehead atoms. The summed E-state index contributed by atoms with van der Waals surface area (Å²) in [5.74, 6) is -0.289. The summed E-state index contributed by atoms with van der Waals surface area (Å²) in [6.07, 6.45) is 10.0. The van der Waals surface area contributed by atoms with Gasteiger partial charge in [-0.1, -0.05) is 24.6 Å². The molecule has 38 heavy (non-hydrogen) atoms. The number of hydrogen-bond acceptors (Lipinski definition) is 7. The molecule has 0 saturated carbocycles. The number of para-hydroxylation sites is 1. The van der Waals surface area contributed by atoms with Crippen molar-refractivity contribution in [2.24, 2.45) is 0 Å². The van der Waals surface area contributed by atoms with Crippen LogP contribution >= 0.6 is 11.3 Å². The molecule has 6 rings (SSSR count). The molecule has 2 aliphatic carbocycles. The van der Waals surface area contributed by atoms with Crippen LogP contribution in [0.25, 0.3) is 22.6 Å². The number of nitriles is 1. The van der Waals surface area contributed by atoms with Crippen molar-refractivity contribution in [3.05, 3.63) is 81.2 Å². The SMILES string of the molecule is N#Cc1c(NC(=O)COC(=O)c2c3c(nc4ccccc24)C(=Cc2ccco2)CC3)sc2c1CCCCC2. The van der Waals surface area contributed by atoms with E-state index in [0.717, 1.165) is 66.7 Å². The normalized spacial score (nSPS) is 15.5. The Labute approximate surface area is 223 Å². The first-order valence-corrected chi connectivity index (χ1v) is 13.6. The van der Waals surface area contributed by atoms with E-state index in [1.54, 1.807) is 6.26 Å². The summed E-state index contributed by atoms with van der Waals surface area (Å²) in [4.78, 5) is 32.2. The third-order valence-corrected chi connectivity index (χ3v) is 8.33. The highest BCUT2D eigenvalue weighted by atomic mass is 32.1. The summed E-state index contributed by atoms with van der Waals surface area (Å²) in [5, 5.41) is 13.8. The van der Waals surface area contributed by atoms with Gasteiger partial charge in [-0.15, -0.1) is 11.3 Å². The lowest BCUT2D eigenvalue weighted by Crippen LogP contribution is -2.21. The van der Waals surface area contributed by atoms with E-state index < -0.39 is 18.5 Å². The fraction of sp³-hybridized carbons (Fsp3) is 0.267. The van der Waals surface area contributed by atoms with Crippen molar-refractivity contribution in [2.75, 3.05) is 11.9 Å². The van der Waals surface area contributed by atoms with Gasteiger partial charge in [0.25, 0.3) is 5.91 Å². The number of rotatable bonds is 5. The molecule has 0 aliphatic heterocycles. The van der Waals surface area contributed by atoms with Gasteiger partial charge in [0.05, 0.1) is 28.6 Å². The Morgan fingerprint density at radius 1 is 1.08 bits per heavy atom. The molecule has 0 fully saturated rings. The van der Waals surface area contributed by atoms with Crippen molar-refractivity contribution in [2.45, 2.75) is 44.9 Å². The van der Waals surface area contributed by atoms with Crippen LogP contribution in [0.15, 0.2) is 47.1 Å². The first-order valence-electron chi connectivity index (χ1n) is 12.8. The molecule has 0 spiro atoms. The number of aromatic nitrogens is 1. The maximum atomic E-state index is 13.4.